The number of anilines is 1. The molecule has 1 fully saturated rings. The molecule has 9 heteroatoms. The largest absolute Gasteiger partial charge is 0.433 e. The number of Topliss-reactive ketones (excluding diaryl/α,β-unsaturated/α-hetero) is 1. The first-order valence-electron chi connectivity index (χ1n) is 12.0. The highest BCUT2D eigenvalue weighted by Gasteiger charge is 2.34. The van der Waals surface area contributed by atoms with Gasteiger partial charge in [0.15, 0.2) is 0 Å². The van der Waals surface area contributed by atoms with E-state index >= 15 is 0 Å². The van der Waals surface area contributed by atoms with Crippen LogP contribution in [0.4, 0.5) is 18.9 Å². The number of amides is 1. The molecule has 1 saturated carbocycles. The molecule has 0 radical (unpaired) electrons. The predicted molar refractivity (Wildman–Crippen MR) is 132 cm³/mol. The number of halogens is 4. The lowest BCUT2D eigenvalue weighted by Gasteiger charge is -2.31. The van der Waals surface area contributed by atoms with Crippen LogP contribution in [0, 0.1) is 0 Å². The van der Waals surface area contributed by atoms with E-state index in [4.69, 9.17) is 11.6 Å². The quantitative estimate of drug-likeness (QED) is 0.439. The Morgan fingerprint density at radius 1 is 0.944 bits per heavy atom. The lowest BCUT2D eigenvalue weighted by atomic mass is 9.89. The van der Waals surface area contributed by atoms with Gasteiger partial charge in [0, 0.05) is 46.6 Å². The Morgan fingerprint density at radius 3 is 2.44 bits per heavy atom. The van der Waals surface area contributed by atoms with Gasteiger partial charge in [-0.25, -0.2) is 4.98 Å². The van der Waals surface area contributed by atoms with Gasteiger partial charge in [0.1, 0.15) is 11.5 Å². The van der Waals surface area contributed by atoms with E-state index in [-0.39, 0.29) is 29.3 Å². The van der Waals surface area contributed by atoms with Crippen molar-refractivity contribution in [3.8, 4) is 0 Å². The Kier molecular flexibility index (Phi) is 6.64. The number of nitrogens with one attached hydrogen (secondary N) is 2. The summed E-state index contributed by atoms with van der Waals surface area (Å²) in [6, 6.07) is 11.1. The summed E-state index contributed by atoms with van der Waals surface area (Å²) >= 11 is 6.09. The topological polar surface area (TPSA) is 71.1 Å². The zero-order valence-electron chi connectivity index (χ0n) is 19.4. The molecule has 2 N–H and O–H groups in total. The van der Waals surface area contributed by atoms with Gasteiger partial charge >= 0.3 is 6.18 Å². The first-order valence-corrected chi connectivity index (χ1v) is 12.4. The third-order valence-corrected chi connectivity index (χ3v) is 7.25. The molecule has 0 bridgehead atoms. The monoisotopic (exact) mass is 515 g/mol. The molecule has 0 unspecified atom stereocenters. The molecule has 5 nitrogen and oxygen atoms in total. The highest BCUT2D eigenvalue weighted by Crippen LogP contribution is 2.35. The van der Waals surface area contributed by atoms with E-state index < -0.39 is 11.9 Å². The van der Waals surface area contributed by atoms with Crippen LogP contribution in [0.15, 0.2) is 42.5 Å². The van der Waals surface area contributed by atoms with Crippen molar-refractivity contribution in [1.82, 2.24) is 10.3 Å². The Balaban J connectivity index is 1.24. The van der Waals surface area contributed by atoms with E-state index in [0.717, 1.165) is 23.6 Å². The minimum absolute atomic E-state index is 0.0254. The summed E-state index contributed by atoms with van der Waals surface area (Å²) in [6.07, 6.45) is -0.142. The van der Waals surface area contributed by atoms with Crippen LogP contribution in [0.5, 0.6) is 0 Å². The van der Waals surface area contributed by atoms with Gasteiger partial charge in [-0.1, -0.05) is 17.7 Å². The molecule has 2 aliphatic carbocycles. The number of carbonyl (C=O) groups is 2. The number of benzene rings is 2. The van der Waals surface area contributed by atoms with Crippen molar-refractivity contribution in [3.63, 3.8) is 0 Å². The molecule has 0 saturated heterocycles. The number of pyridine rings is 1. The standard InChI is InChI=1S/C27H25ClF3N3O2/c28-18-4-10-23-22(13-18)24(14-25(34-23)27(29,30)31)32-19-5-7-20(8-6-19)33-26(36)16-2-1-15-3-9-21(35)12-17(15)11-16/h1-2,4,10-11,13-14,19-20H,3,5-9,12H2,(H,32,34)(H,33,36). The summed E-state index contributed by atoms with van der Waals surface area (Å²) in [5.41, 5.74) is 2.22. The Labute approximate surface area is 211 Å². The van der Waals surface area contributed by atoms with Crippen LogP contribution in [0.25, 0.3) is 10.9 Å². The summed E-state index contributed by atoms with van der Waals surface area (Å²) in [6.45, 7) is 0. The number of hydrogen-bond acceptors (Lipinski definition) is 4. The average molecular weight is 516 g/mol. The average Bonchev–Trinajstić information content (AvgIpc) is 2.84. The van der Waals surface area contributed by atoms with Gasteiger partial charge in [-0.15, -0.1) is 0 Å². The Bertz CT molecular complexity index is 1330. The Hall–Kier alpha value is -3.13. The molecule has 5 rings (SSSR count). The van der Waals surface area contributed by atoms with Crippen LogP contribution in [0.2, 0.25) is 5.02 Å². The third-order valence-electron chi connectivity index (χ3n) is 7.01. The first-order chi connectivity index (χ1) is 17.2. The number of ketones is 1. The lowest BCUT2D eigenvalue weighted by Crippen LogP contribution is -2.40. The van der Waals surface area contributed by atoms with Gasteiger partial charge in [-0.05, 0) is 79.6 Å². The van der Waals surface area contributed by atoms with E-state index in [2.05, 4.69) is 15.6 Å². The second-order valence-electron chi connectivity index (χ2n) is 9.58. The normalized spacial score (nSPS) is 20.2. The van der Waals surface area contributed by atoms with Gasteiger partial charge < -0.3 is 10.6 Å². The molecule has 0 atom stereocenters. The fourth-order valence-corrected chi connectivity index (χ4v) is 5.26. The number of nitrogens with zero attached hydrogens (tertiary/aromatic N) is 1. The summed E-state index contributed by atoms with van der Waals surface area (Å²) in [5, 5.41) is 7.30. The van der Waals surface area contributed by atoms with Gasteiger partial charge in [0.05, 0.1) is 5.52 Å². The van der Waals surface area contributed by atoms with Crippen molar-refractivity contribution in [2.75, 3.05) is 5.32 Å². The Morgan fingerprint density at radius 2 is 1.69 bits per heavy atom. The van der Waals surface area contributed by atoms with Gasteiger partial charge in [0.2, 0.25) is 0 Å². The smallest absolute Gasteiger partial charge is 0.382 e. The molecule has 1 amide bonds. The number of carbonyl (C=O) groups excluding carboxylic acids is 2. The summed E-state index contributed by atoms with van der Waals surface area (Å²) in [5.74, 6) is 0.0225. The molecular weight excluding hydrogens is 491 g/mol. The summed E-state index contributed by atoms with van der Waals surface area (Å²) in [7, 11) is 0. The predicted octanol–water partition coefficient (Wildman–Crippen LogP) is 6.12. The van der Waals surface area contributed by atoms with Gasteiger partial charge in [-0.2, -0.15) is 13.2 Å². The van der Waals surface area contributed by atoms with Crippen molar-refractivity contribution in [1.29, 1.82) is 0 Å². The van der Waals surface area contributed by atoms with Crippen molar-refractivity contribution in [2.24, 2.45) is 0 Å². The fraction of sp³-hybridized carbons (Fsp3) is 0.370. The number of aromatic nitrogens is 1. The second-order valence-corrected chi connectivity index (χ2v) is 10.0. The van der Waals surface area contributed by atoms with Crippen LogP contribution in [0.3, 0.4) is 0 Å². The fourth-order valence-electron chi connectivity index (χ4n) is 5.08. The van der Waals surface area contributed by atoms with E-state index in [1.54, 1.807) is 12.1 Å². The van der Waals surface area contributed by atoms with Crippen LogP contribution < -0.4 is 10.6 Å². The van der Waals surface area contributed by atoms with Gasteiger partial charge in [-0.3, -0.25) is 9.59 Å². The van der Waals surface area contributed by atoms with E-state index in [0.29, 0.717) is 60.2 Å². The van der Waals surface area contributed by atoms with Crippen molar-refractivity contribution in [2.45, 2.75) is 63.2 Å². The number of aryl methyl sites for hydroxylation is 1. The highest BCUT2D eigenvalue weighted by atomic mass is 35.5. The third kappa shape index (κ3) is 5.33. The molecule has 1 heterocycles. The molecule has 0 aliphatic heterocycles. The van der Waals surface area contributed by atoms with Crippen molar-refractivity contribution in [3.05, 3.63) is 69.9 Å². The molecule has 0 spiro atoms. The molecule has 1 aromatic heterocycles. The summed E-state index contributed by atoms with van der Waals surface area (Å²) in [4.78, 5) is 28.4. The molecule has 36 heavy (non-hydrogen) atoms. The zero-order valence-corrected chi connectivity index (χ0v) is 20.2. The number of rotatable bonds is 4. The lowest BCUT2D eigenvalue weighted by molar-refractivity contribution is -0.140. The SMILES string of the molecule is O=C1CCc2ccc(C(=O)NC3CCC(Nc4cc(C(F)(F)F)nc5ccc(Cl)cc45)CC3)cc2C1. The molecule has 2 aromatic carbocycles. The van der Waals surface area contributed by atoms with Crippen LogP contribution in [-0.2, 0) is 23.8 Å². The first kappa shape index (κ1) is 24.6. The van der Waals surface area contributed by atoms with Crippen LogP contribution in [0.1, 0.15) is 59.3 Å². The maximum absolute atomic E-state index is 13.4. The maximum Gasteiger partial charge on any atom is 0.433 e. The van der Waals surface area contributed by atoms with Crippen LogP contribution >= 0.6 is 11.6 Å². The number of alkyl halides is 3. The molecular formula is C27H25ClF3N3O2. The van der Waals surface area contributed by atoms with Crippen molar-refractivity contribution >= 4 is 39.9 Å². The maximum atomic E-state index is 13.4. The number of fused-ring (bicyclic) bond motifs is 2. The molecule has 188 valence electrons. The van der Waals surface area contributed by atoms with Crippen LogP contribution in [-0.4, -0.2) is 28.8 Å². The minimum Gasteiger partial charge on any atom is -0.382 e. The minimum atomic E-state index is -4.56. The van der Waals surface area contributed by atoms with Gasteiger partial charge in [0.25, 0.3) is 5.91 Å². The highest BCUT2D eigenvalue weighted by molar-refractivity contribution is 6.31. The number of hydrogen-bond donors (Lipinski definition) is 2. The van der Waals surface area contributed by atoms with Crippen molar-refractivity contribution < 1.29 is 22.8 Å². The molecule has 2 aliphatic rings. The summed E-state index contributed by atoms with van der Waals surface area (Å²) < 4.78 is 40.2. The van der Waals surface area contributed by atoms with E-state index in [1.165, 1.54) is 12.1 Å². The zero-order chi connectivity index (χ0) is 25.4. The second kappa shape index (κ2) is 9.73. The van der Waals surface area contributed by atoms with E-state index in [1.807, 2.05) is 12.1 Å². The molecule has 3 aromatic rings. The van der Waals surface area contributed by atoms with E-state index in [9.17, 15) is 22.8 Å².